The Morgan fingerprint density at radius 3 is 2.95 bits per heavy atom. The molecule has 0 bridgehead atoms. The third-order valence-corrected chi connectivity index (χ3v) is 3.93. The van der Waals surface area contributed by atoms with Gasteiger partial charge in [0.2, 0.25) is 5.91 Å². The minimum Gasteiger partial charge on any atom is -0.368 e. The van der Waals surface area contributed by atoms with Crippen LogP contribution in [0.15, 0.2) is 35.4 Å². The minimum absolute atomic E-state index is 0.234. The molecule has 19 heavy (non-hydrogen) atoms. The number of fused-ring (bicyclic) bond motifs is 1. The molecular formula is C14H19N3OS. The van der Waals surface area contributed by atoms with Gasteiger partial charge in [0.05, 0.1) is 11.1 Å². The average Bonchev–Trinajstić information content (AvgIpc) is 2.80. The van der Waals surface area contributed by atoms with Gasteiger partial charge in [-0.25, -0.2) is 0 Å². The number of amides is 1. The van der Waals surface area contributed by atoms with Crippen molar-refractivity contribution in [2.24, 2.45) is 5.73 Å². The zero-order chi connectivity index (χ0) is 13.7. The number of aromatic amines is 1. The number of H-pyrrole nitrogens is 1. The maximum atomic E-state index is 11.2. The molecule has 2 rings (SSSR count). The molecule has 1 atom stereocenters. The summed E-state index contributed by atoms with van der Waals surface area (Å²) < 4.78 is 0. The standard InChI is InChI=1S/C14H19N3OS/c1-2-16-12(14(15)18)7-8-19-13-9-10-5-3-4-6-11(10)17-13/h3-6,9,12,16-17H,2,7-8H2,1H3,(H2,15,18). The first-order chi connectivity index (χ1) is 9.20. The Morgan fingerprint density at radius 1 is 1.47 bits per heavy atom. The molecule has 0 radical (unpaired) electrons. The first-order valence-electron chi connectivity index (χ1n) is 6.44. The molecule has 2 aromatic rings. The lowest BCUT2D eigenvalue weighted by Crippen LogP contribution is -2.41. The van der Waals surface area contributed by atoms with E-state index in [1.165, 1.54) is 5.39 Å². The molecule has 1 unspecified atom stereocenters. The van der Waals surface area contributed by atoms with Gasteiger partial charge >= 0.3 is 0 Å². The topological polar surface area (TPSA) is 70.9 Å². The first kappa shape index (κ1) is 14.0. The van der Waals surface area contributed by atoms with Crippen LogP contribution in [-0.4, -0.2) is 29.2 Å². The van der Waals surface area contributed by atoms with Crippen molar-refractivity contribution in [3.63, 3.8) is 0 Å². The molecule has 1 aromatic heterocycles. The number of benzene rings is 1. The molecule has 102 valence electrons. The van der Waals surface area contributed by atoms with E-state index in [0.29, 0.717) is 0 Å². The number of thioether (sulfide) groups is 1. The van der Waals surface area contributed by atoms with Gasteiger partial charge in [-0.1, -0.05) is 25.1 Å². The number of rotatable bonds is 7. The molecule has 5 heteroatoms. The summed E-state index contributed by atoms with van der Waals surface area (Å²) in [5.41, 5.74) is 6.49. The van der Waals surface area contributed by atoms with Crippen LogP contribution in [0.25, 0.3) is 10.9 Å². The second kappa shape index (κ2) is 6.63. The maximum Gasteiger partial charge on any atom is 0.234 e. The Bertz CT molecular complexity index is 519. The second-order valence-corrected chi connectivity index (χ2v) is 5.51. The van der Waals surface area contributed by atoms with E-state index in [1.807, 2.05) is 19.1 Å². The van der Waals surface area contributed by atoms with Crippen LogP contribution in [-0.2, 0) is 4.79 Å². The quantitative estimate of drug-likeness (QED) is 0.679. The molecule has 0 fully saturated rings. The fraction of sp³-hybridized carbons (Fsp3) is 0.357. The van der Waals surface area contributed by atoms with Gasteiger partial charge in [0.25, 0.3) is 0 Å². The molecule has 0 aliphatic carbocycles. The highest BCUT2D eigenvalue weighted by molar-refractivity contribution is 7.99. The summed E-state index contributed by atoms with van der Waals surface area (Å²) in [6.07, 6.45) is 0.739. The summed E-state index contributed by atoms with van der Waals surface area (Å²) in [7, 11) is 0. The van der Waals surface area contributed by atoms with E-state index in [-0.39, 0.29) is 11.9 Å². The molecule has 1 aromatic carbocycles. The van der Waals surface area contributed by atoms with Gasteiger partial charge in [-0.05, 0) is 25.1 Å². The lowest BCUT2D eigenvalue weighted by molar-refractivity contribution is -0.120. The lowest BCUT2D eigenvalue weighted by Gasteiger charge is -2.13. The summed E-state index contributed by atoms with van der Waals surface area (Å²) in [6.45, 7) is 2.73. The van der Waals surface area contributed by atoms with Crippen molar-refractivity contribution in [2.45, 2.75) is 24.4 Å². The lowest BCUT2D eigenvalue weighted by atomic mass is 10.2. The van der Waals surface area contributed by atoms with E-state index in [1.54, 1.807) is 11.8 Å². The smallest absolute Gasteiger partial charge is 0.234 e. The van der Waals surface area contributed by atoms with Crippen LogP contribution in [0.3, 0.4) is 0 Å². The maximum absolute atomic E-state index is 11.2. The van der Waals surface area contributed by atoms with Gasteiger partial charge in [0.1, 0.15) is 0 Å². The highest BCUT2D eigenvalue weighted by Gasteiger charge is 2.13. The van der Waals surface area contributed by atoms with Crippen LogP contribution < -0.4 is 11.1 Å². The predicted octanol–water partition coefficient (Wildman–Crippen LogP) is 2.11. The van der Waals surface area contributed by atoms with Crippen LogP contribution in [0.4, 0.5) is 0 Å². The van der Waals surface area contributed by atoms with Crippen molar-refractivity contribution in [3.8, 4) is 0 Å². The van der Waals surface area contributed by atoms with Crippen molar-refractivity contribution in [3.05, 3.63) is 30.3 Å². The third-order valence-electron chi connectivity index (χ3n) is 2.96. The van der Waals surface area contributed by atoms with Gasteiger partial charge in [-0.2, -0.15) is 0 Å². The number of hydrogen-bond acceptors (Lipinski definition) is 3. The van der Waals surface area contributed by atoms with E-state index in [4.69, 9.17) is 5.73 Å². The SMILES string of the molecule is CCNC(CCSc1cc2ccccc2[nH]1)C(N)=O. The van der Waals surface area contributed by atoms with Crippen molar-refractivity contribution < 1.29 is 4.79 Å². The second-order valence-electron chi connectivity index (χ2n) is 4.37. The Balaban J connectivity index is 1.89. The van der Waals surface area contributed by atoms with Crippen LogP contribution in [0.5, 0.6) is 0 Å². The van der Waals surface area contributed by atoms with Crippen molar-refractivity contribution in [2.75, 3.05) is 12.3 Å². The molecule has 0 spiro atoms. The van der Waals surface area contributed by atoms with Gasteiger partial charge in [0.15, 0.2) is 0 Å². The number of hydrogen-bond donors (Lipinski definition) is 3. The molecule has 0 aliphatic rings. The van der Waals surface area contributed by atoms with E-state index in [9.17, 15) is 4.79 Å². The molecule has 0 aliphatic heterocycles. The van der Waals surface area contributed by atoms with Crippen molar-refractivity contribution >= 4 is 28.6 Å². The molecule has 4 nitrogen and oxygen atoms in total. The number of likely N-dealkylation sites (N-methyl/N-ethyl adjacent to an activating group) is 1. The molecule has 1 amide bonds. The number of nitrogens with one attached hydrogen (secondary N) is 2. The summed E-state index contributed by atoms with van der Waals surface area (Å²) in [4.78, 5) is 14.6. The Hall–Kier alpha value is -1.46. The van der Waals surface area contributed by atoms with Crippen LogP contribution >= 0.6 is 11.8 Å². The summed E-state index contributed by atoms with van der Waals surface area (Å²) in [5.74, 6) is 0.576. The number of carbonyl (C=O) groups excluding carboxylic acids is 1. The van der Waals surface area contributed by atoms with Crippen LogP contribution in [0.2, 0.25) is 0 Å². The van der Waals surface area contributed by atoms with Gasteiger partial charge in [0, 0.05) is 16.7 Å². The fourth-order valence-corrected chi connectivity index (χ4v) is 2.97. The summed E-state index contributed by atoms with van der Waals surface area (Å²) in [5, 5.41) is 5.43. The van der Waals surface area contributed by atoms with E-state index in [0.717, 1.165) is 29.3 Å². The predicted molar refractivity (Wildman–Crippen MR) is 80.3 cm³/mol. The number of nitrogens with two attached hydrogens (primary N) is 1. The average molecular weight is 277 g/mol. The van der Waals surface area contributed by atoms with Gasteiger partial charge in [-0.3, -0.25) is 4.79 Å². The molecule has 1 heterocycles. The van der Waals surface area contributed by atoms with Crippen molar-refractivity contribution in [1.29, 1.82) is 0 Å². The highest BCUT2D eigenvalue weighted by Crippen LogP contribution is 2.23. The number of para-hydroxylation sites is 1. The fourth-order valence-electron chi connectivity index (χ4n) is 2.00. The van der Waals surface area contributed by atoms with E-state index in [2.05, 4.69) is 28.5 Å². The number of aromatic nitrogens is 1. The summed E-state index contributed by atoms with van der Waals surface area (Å²) in [6, 6.07) is 10.1. The zero-order valence-corrected chi connectivity index (χ0v) is 11.8. The molecule has 0 saturated heterocycles. The monoisotopic (exact) mass is 277 g/mol. The minimum atomic E-state index is -0.279. The first-order valence-corrected chi connectivity index (χ1v) is 7.42. The van der Waals surface area contributed by atoms with Crippen LogP contribution in [0.1, 0.15) is 13.3 Å². The van der Waals surface area contributed by atoms with Gasteiger partial charge < -0.3 is 16.0 Å². The Labute approximate surface area is 117 Å². The van der Waals surface area contributed by atoms with Crippen molar-refractivity contribution in [1.82, 2.24) is 10.3 Å². The molecule has 0 saturated carbocycles. The Morgan fingerprint density at radius 2 is 2.26 bits per heavy atom. The van der Waals surface area contributed by atoms with E-state index >= 15 is 0 Å². The van der Waals surface area contributed by atoms with Gasteiger partial charge in [-0.15, -0.1) is 11.8 Å². The molecular weight excluding hydrogens is 258 g/mol. The Kier molecular flexibility index (Phi) is 4.87. The third kappa shape index (κ3) is 3.75. The van der Waals surface area contributed by atoms with E-state index < -0.39 is 0 Å². The number of primary amides is 1. The summed E-state index contributed by atoms with van der Waals surface area (Å²) >= 11 is 1.71. The van der Waals surface area contributed by atoms with Crippen LogP contribution in [0, 0.1) is 0 Å². The molecule has 4 N–H and O–H groups in total. The highest BCUT2D eigenvalue weighted by atomic mass is 32.2. The number of carbonyl (C=O) groups is 1. The zero-order valence-electron chi connectivity index (χ0n) is 11.0. The largest absolute Gasteiger partial charge is 0.368 e. The normalized spacial score (nSPS) is 12.7.